The first-order valence-electron chi connectivity index (χ1n) is 5.91. The van der Waals surface area contributed by atoms with Gasteiger partial charge in [0.1, 0.15) is 11.5 Å². The summed E-state index contributed by atoms with van der Waals surface area (Å²) >= 11 is 5.82. The van der Waals surface area contributed by atoms with Crippen LogP contribution in [0.5, 0.6) is 11.5 Å². The predicted octanol–water partition coefficient (Wildman–Crippen LogP) is 3.87. The highest BCUT2D eigenvalue weighted by Crippen LogP contribution is 2.23. The summed E-state index contributed by atoms with van der Waals surface area (Å²) in [5.74, 6) is 7.29. The molecular formula is C16H13ClO2. The summed E-state index contributed by atoms with van der Waals surface area (Å²) in [4.78, 5) is 0. The molecule has 2 nitrogen and oxygen atoms in total. The Kier molecular flexibility index (Phi) is 4.85. The third-order valence-corrected chi connectivity index (χ3v) is 2.60. The van der Waals surface area contributed by atoms with E-state index in [-0.39, 0.29) is 6.61 Å². The second kappa shape index (κ2) is 6.84. The van der Waals surface area contributed by atoms with Gasteiger partial charge in [0, 0.05) is 17.0 Å². The monoisotopic (exact) mass is 272 g/mol. The zero-order chi connectivity index (χ0) is 13.5. The lowest BCUT2D eigenvalue weighted by Gasteiger charge is -2.05. The average Bonchev–Trinajstić information content (AvgIpc) is 2.42. The van der Waals surface area contributed by atoms with Crippen molar-refractivity contribution in [2.45, 2.75) is 6.42 Å². The molecule has 0 amide bonds. The summed E-state index contributed by atoms with van der Waals surface area (Å²) in [6, 6.07) is 14.7. The van der Waals surface area contributed by atoms with Crippen LogP contribution >= 0.6 is 11.6 Å². The van der Waals surface area contributed by atoms with Crippen LogP contribution in [-0.4, -0.2) is 11.7 Å². The standard InChI is InChI=1S/C16H13ClO2/c17-14-7-9-15(10-8-14)19-16-6-3-5-13(12-16)4-1-2-11-18/h3,5-10,12,18H,2,11H2. The van der Waals surface area contributed by atoms with Crippen molar-refractivity contribution in [2.75, 3.05) is 6.61 Å². The maximum Gasteiger partial charge on any atom is 0.128 e. The topological polar surface area (TPSA) is 29.5 Å². The highest BCUT2D eigenvalue weighted by molar-refractivity contribution is 6.30. The molecule has 3 heteroatoms. The van der Waals surface area contributed by atoms with Crippen LogP contribution in [0, 0.1) is 11.8 Å². The van der Waals surface area contributed by atoms with E-state index in [9.17, 15) is 0 Å². The van der Waals surface area contributed by atoms with Crippen molar-refractivity contribution in [1.82, 2.24) is 0 Å². The van der Waals surface area contributed by atoms with Gasteiger partial charge in [-0.2, -0.15) is 0 Å². The fourth-order valence-electron chi connectivity index (χ4n) is 1.50. The van der Waals surface area contributed by atoms with Gasteiger partial charge >= 0.3 is 0 Å². The molecule has 19 heavy (non-hydrogen) atoms. The van der Waals surface area contributed by atoms with Crippen molar-refractivity contribution < 1.29 is 9.84 Å². The second-order valence-electron chi connectivity index (χ2n) is 3.86. The highest BCUT2D eigenvalue weighted by Gasteiger charge is 1.98. The summed E-state index contributed by atoms with van der Waals surface area (Å²) in [7, 11) is 0. The van der Waals surface area contributed by atoms with E-state index in [1.807, 2.05) is 36.4 Å². The van der Waals surface area contributed by atoms with Gasteiger partial charge in [0.05, 0.1) is 6.61 Å². The van der Waals surface area contributed by atoms with Gasteiger partial charge in [0.25, 0.3) is 0 Å². The molecule has 2 aromatic carbocycles. The predicted molar refractivity (Wildman–Crippen MR) is 76.5 cm³/mol. The summed E-state index contributed by atoms with van der Waals surface area (Å²) in [5.41, 5.74) is 0.861. The first kappa shape index (κ1) is 13.5. The fourth-order valence-corrected chi connectivity index (χ4v) is 1.62. The van der Waals surface area contributed by atoms with E-state index in [2.05, 4.69) is 11.8 Å². The molecule has 0 heterocycles. The van der Waals surface area contributed by atoms with E-state index in [1.54, 1.807) is 12.1 Å². The molecule has 0 spiro atoms. The maximum atomic E-state index is 8.68. The molecular weight excluding hydrogens is 260 g/mol. The van der Waals surface area contributed by atoms with Gasteiger partial charge < -0.3 is 9.84 Å². The lowest BCUT2D eigenvalue weighted by molar-refractivity contribution is 0.305. The van der Waals surface area contributed by atoms with E-state index in [1.165, 1.54) is 0 Å². The van der Waals surface area contributed by atoms with Crippen LogP contribution in [0.4, 0.5) is 0 Å². The number of aliphatic hydroxyl groups is 1. The third kappa shape index (κ3) is 4.33. The Bertz CT molecular complexity index is 594. The lowest BCUT2D eigenvalue weighted by Crippen LogP contribution is -1.85. The van der Waals surface area contributed by atoms with Crippen LogP contribution in [0.25, 0.3) is 0 Å². The van der Waals surface area contributed by atoms with Crippen molar-refractivity contribution in [1.29, 1.82) is 0 Å². The van der Waals surface area contributed by atoms with Gasteiger partial charge in [-0.1, -0.05) is 29.5 Å². The molecule has 0 aromatic heterocycles. The number of hydrogen-bond acceptors (Lipinski definition) is 2. The molecule has 0 fully saturated rings. The van der Waals surface area contributed by atoms with Crippen molar-refractivity contribution in [3.8, 4) is 23.3 Å². The smallest absolute Gasteiger partial charge is 0.128 e. The summed E-state index contributed by atoms with van der Waals surface area (Å²) in [6.45, 7) is 0.0773. The minimum absolute atomic E-state index is 0.0773. The number of benzene rings is 2. The van der Waals surface area contributed by atoms with Gasteiger partial charge in [-0.25, -0.2) is 0 Å². The zero-order valence-corrected chi connectivity index (χ0v) is 11.0. The van der Waals surface area contributed by atoms with Gasteiger partial charge in [-0.3, -0.25) is 0 Å². The van der Waals surface area contributed by atoms with E-state index in [0.717, 1.165) is 17.1 Å². The molecule has 0 unspecified atom stereocenters. The van der Waals surface area contributed by atoms with Crippen LogP contribution in [0.15, 0.2) is 48.5 Å². The molecule has 0 atom stereocenters. The number of ether oxygens (including phenoxy) is 1. The Labute approximate surface area is 117 Å². The van der Waals surface area contributed by atoms with Gasteiger partial charge in [-0.15, -0.1) is 0 Å². The quantitative estimate of drug-likeness (QED) is 0.860. The Balaban J connectivity index is 2.11. The molecule has 0 saturated carbocycles. The van der Waals surface area contributed by atoms with E-state index >= 15 is 0 Å². The summed E-state index contributed by atoms with van der Waals surface area (Å²) < 4.78 is 5.70. The minimum Gasteiger partial charge on any atom is -0.457 e. The van der Waals surface area contributed by atoms with Gasteiger partial charge in [0.2, 0.25) is 0 Å². The Morgan fingerprint density at radius 1 is 1.05 bits per heavy atom. The van der Waals surface area contributed by atoms with Gasteiger partial charge in [-0.05, 0) is 42.5 Å². The van der Waals surface area contributed by atoms with Crippen molar-refractivity contribution in [3.63, 3.8) is 0 Å². The summed E-state index contributed by atoms with van der Waals surface area (Å²) in [5, 5.41) is 9.35. The first-order chi connectivity index (χ1) is 9.28. The molecule has 0 aliphatic carbocycles. The van der Waals surface area contributed by atoms with Gasteiger partial charge in [0.15, 0.2) is 0 Å². The SMILES string of the molecule is OCCC#Cc1cccc(Oc2ccc(Cl)cc2)c1. The molecule has 96 valence electrons. The fraction of sp³-hybridized carbons (Fsp3) is 0.125. The molecule has 0 bridgehead atoms. The average molecular weight is 273 g/mol. The number of hydrogen-bond donors (Lipinski definition) is 1. The van der Waals surface area contributed by atoms with Crippen molar-refractivity contribution in [3.05, 3.63) is 59.1 Å². The zero-order valence-electron chi connectivity index (χ0n) is 10.3. The van der Waals surface area contributed by atoms with E-state index in [0.29, 0.717) is 11.4 Å². The third-order valence-electron chi connectivity index (χ3n) is 2.35. The maximum absolute atomic E-state index is 8.68. The molecule has 0 saturated heterocycles. The molecule has 2 aromatic rings. The molecule has 0 radical (unpaired) electrons. The number of halogens is 1. The largest absolute Gasteiger partial charge is 0.457 e. The van der Waals surface area contributed by atoms with E-state index in [4.69, 9.17) is 21.4 Å². The Morgan fingerprint density at radius 3 is 2.58 bits per heavy atom. The Hall–Kier alpha value is -1.95. The normalized spacial score (nSPS) is 9.58. The lowest BCUT2D eigenvalue weighted by atomic mass is 10.2. The molecule has 0 aliphatic heterocycles. The molecule has 1 N–H and O–H groups in total. The highest BCUT2D eigenvalue weighted by atomic mass is 35.5. The molecule has 2 rings (SSSR count). The Morgan fingerprint density at radius 2 is 1.84 bits per heavy atom. The van der Waals surface area contributed by atoms with Crippen molar-refractivity contribution in [2.24, 2.45) is 0 Å². The van der Waals surface area contributed by atoms with Crippen LogP contribution < -0.4 is 4.74 Å². The minimum atomic E-state index is 0.0773. The van der Waals surface area contributed by atoms with Crippen LogP contribution in [0.2, 0.25) is 5.02 Å². The molecule has 0 aliphatic rings. The number of aliphatic hydroxyl groups excluding tert-OH is 1. The van der Waals surface area contributed by atoms with Crippen LogP contribution in [0.3, 0.4) is 0 Å². The summed E-state index contributed by atoms with van der Waals surface area (Å²) in [6.07, 6.45) is 0.474. The first-order valence-corrected chi connectivity index (χ1v) is 6.29. The second-order valence-corrected chi connectivity index (χ2v) is 4.30. The van der Waals surface area contributed by atoms with Crippen LogP contribution in [-0.2, 0) is 0 Å². The van der Waals surface area contributed by atoms with Crippen molar-refractivity contribution >= 4 is 11.6 Å². The van der Waals surface area contributed by atoms with E-state index < -0.39 is 0 Å². The number of rotatable bonds is 3. The van der Waals surface area contributed by atoms with Crippen LogP contribution in [0.1, 0.15) is 12.0 Å².